The highest BCUT2D eigenvalue weighted by Crippen LogP contribution is 2.22. The highest BCUT2D eigenvalue weighted by atomic mass is 127. The molecule has 0 amide bonds. The number of benzene rings is 1. The third kappa shape index (κ3) is 6.91. The van der Waals surface area contributed by atoms with Crippen molar-refractivity contribution in [3.8, 4) is 11.3 Å². The molecular formula is C23H20ClFIN3O4. The van der Waals surface area contributed by atoms with Gasteiger partial charge in [0.1, 0.15) is 12.4 Å². The summed E-state index contributed by atoms with van der Waals surface area (Å²) in [7, 11) is 0. The predicted molar refractivity (Wildman–Crippen MR) is 130 cm³/mol. The third-order valence-corrected chi connectivity index (χ3v) is 5.80. The molecule has 0 saturated carbocycles. The van der Waals surface area contributed by atoms with Gasteiger partial charge in [0.25, 0.3) is 9.35 Å². The minimum atomic E-state index is -1.14. The third-order valence-electron chi connectivity index (χ3n) is 4.96. The van der Waals surface area contributed by atoms with Crippen LogP contribution in [0.3, 0.4) is 0 Å². The van der Waals surface area contributed by atoms with E-state index in [-0.39, 0.29) is 15.4 Å². The van der Waals surface area contributed by atoms with Crippen molar-refractivity contribution in [1.29, 1.82) is 0 Å². The molecule has 0 unspecified atom stereocenters. The number of aliphatic carboxylic acids is 1. The number of hydrogen-bond donors (Lipinski definition) is 1. The number of nitrogens with zero attached hydrogens (tertiary/aromatic N) is 3. The van der Waals surface area contributed by atoms with E-state index in [2.05, 4.69) is 9.97 Å². The second-order valence-electron chi connectivity index (χ2n) is 7.38. The first-order valence-corrected chi connectivity index (χ1v) is 11.6. The summed E-state index contributed by atoms with van der Waals surface area (Å²) in [6.45, 7) is -0.477. The van der Waals surface area contributed by atoms with Gasteiger partial charge in [-0.25, -0.2) is 14.4 Å². The molecule has 7 nitrogen and oxygen atoms in total. The van der Waals surface area contributed by atoms with Gasteiger partial charge in [-0.05, 0) is 49.9 Å². The number of carboxylic acids is 1. The molecule has 0 saturated heterocycles. The molecule has 3 aromatic rings. The number of carbonyl (C=O) groups is 2. The van der Waals surface area contributed by atoms with Gasteiger partial charge in [-0.1, -0.05) is 24.1 Å². The first kappa shape index (κ1) is 25.0. The van der Waals surface area contributed by atoms with E-state index in [9.17, 15) is 18.8 Å². The van der Waals surface area contributed by atoms with E-state index < -0.39 is 18.1 Å². The van der Waals surface area contributed by atoms with Crippen LogP contribution in [-0.2, 0) is 24.2 Å². The van der Waals surface area contributed by atoms with E-state index in [0.717, 1.165) is 23.8 Å². The van der Waals surface area contributed by atoms with Crippen molar-refractivity contribution < 1.29 is 19.1 Å². The van der Waals surface area contributed by atoms with Crippen molar-refractivity contribution >= 4 is 44.0 Å². The molecule has 2 aromatic heterocycles. The lowest BCUT2D eigenvalue weighted by Gasteiger charge is -2.09. The maximum Gasteiger partial charge on any atom is 0.323 e. The molecule has 33 heavy (non-hydrogen) atoms. The molecule has 172 valence electrons. The normalized spacial score (nSPS) is 10.9. The summed E-state index contributed by atoms with van der Waals surface area (Å²) in [6.07, 6.45) is 4.82. The van der Waals surface area contributed by atoms with Gasteiger partial charge >= 0.3 is 5.97 Å². The van der Waals surface area contributed by atoms with Crippen LogP contribution in [0.25, 0.3) is 11.3 Å². The average Bonchev–Trinajstić information content (AvgIpc) is 2.76. The molecular weight excluding hydrogens is 564 g/mol. The number of pyridine rings is 1. The first-order chi connectivity index (χ1) is 15.7. The summed E-state index contributed by atoms with van der Waals surface area (Å²) in [4.78, 5) is 43.4. The van der Waals surface area contributed by atoms with E-state index in [1.807, 2.05) is 0 Å². The van der Waals surface area contributed by atoms with Gasteiger partial charge in [0.05, 0.1) is 5.69 Å². The van der Waals surface area contributed by atoms with Crippen molar-refractivity contribution in [2.24, 2.45) is 0 Å². The maximum absolute atomic E-state index is 13.9. The summed E-state index contributed by atoms with van der Waals surface area (Å²) < 4.78 is 14.6. The van der Waals surface area contributed by atoms with Crippen molar-refractivity contribution in [1.82, 2.24) is 14.5 Å². The van der Waals surface area contributed by atoms with Crippen LogP contribution in [0.1, 0.15) is 41.1 Å². The van der Waals surface area contributed by atoms with Crippen LogP contribution >= 0.6 is 34.2 Å². The Morgan fingerprint density at radius 1 is 1.09 bits per heavy atom. The van der Waals surface area contributed by atoms with Gasteiger partial charge in [0.15, 0.2) is 0 Å². The SMILES string of the molecule is O=C(O)Cn1cc(-c2cc(CCCCCc3c(F)cccc3Cl)nc(C(=O)I)n2)ccc1=O. The number of carboxylic acid groups (broad SMARTS) is 1. The number of unbranched alkanes of at least 4 members (excludes halogenated alkanes) is 2. The quantitative estimate of drug-likeness (QED) is 0.211. The Kier molecular flexibility index (Phi) is 8.67. The minimum absolute atomic E-state index is 0.0391. The topological polar surface area (TPSA) is 102 Å². The summed E-state index contributed by atoms with van der Waals surface area (Å²) in [6, 6.07) is 9.16. The standard InChI is InChI=1S/C23H20ClFIN3O4/c24-17-7-4-8-18(25)16(17)6-3-1-2-5-15-11-19(28-23(27-15)22(26)33)14-9-10-20(30)29(12-14)13-21(31)32/h4,7-12H,1-3,5-6,13H2,(H,31,32). The fourth-order valence-electron chi connectivity index (χ4n) is 3.37. The minimum Gasteiger partial charge on any atom is -0.480 e. The van der Waals surface area contributed by atoms with Crippen LogP contribution in [0.15, 0.2) is 47.4 Å². The highest BCUT2D eigenvalue weighted by Gasteiger charge is 2.13. The predicted octanol–water partition coefficient (Wildman–Crippen LogP) is 4.71. The molecule has 0 atom stereocenters. The zero-order valence-corrected chi connectivity index (χ0v) is 20.3. The molecule has 0 bridgehead atoms. The monoisotopic (exact) mass is 583 g/mol. The molecule has 0 radical (unpaired) electrons. The van der Waals surface area contributed by atoms with Gasteiger partial charge in [0, 0.05) is 56.7 Å². The first-order valence-electron chi connectivity index (χ1n) is 10.2. The lowest BCUT2D eigenvalue weighted by atomic mass is 10.0. The van der Waals surface area contributed by atoms with Gasteiger partial charge in [-0.3, -0.25) is 14.4 Å². The summed E-state index contributed by atoms with van der Waals surface area (Å²) in [5.74, 6) is -1.41. The van der Waals surface area contributed by atoms with E-state index >= 15 is 0 Å². The summed E-state index contributed by atoms with van der Waals surface area (Å²) in [5.41, 5.74) is 1.65. The molecule has 1 N–H and O–H groups in total. The van der Waals surface area contributed by atoms with Crippen molar-refractivity contribution in [2.45, 2.75) is 38.6 Å². The zero-order chi connectivity index (χ0) is 24.0. The number of aromatic nitrogens is 3. The molecule has 0 spiro atoms. The Bertz CT molecular complexity index is 1230. The van der Waals surface area contributed by atoms with Crippen molar-refractivity contribution in [3.63, 3.8) is 0 Å². The fraction of sp³-hybridized carbons (Fsp3) is 0.261. The number of aryl methyl sites for hydroxylation is 1. The van der Waals surface area contributed by atoms with E-state index in [0.29, 0.717) is 40.4 Å². The number of hydrogen-bond acceptors (Lipinski definition) is 5. The second-order valence-corrected chi connectivity index (χ2v) is 8.77. The zero-order valence-electron chi connectivity index (χ0n) is 17.4. The summed E-state index contributed by atoms with van der Waals surface area (Å²) >= 11 is 7.67. The van der Waals surface area contributed by atoms with Crippen LogP contribution < -0.4 is 5.56 Å². The van der Waals surface area contributed by atoms with Crippen LogP contribution in [0.2, 0.25) is 5.02 Å². The average molecular weight is 584 g/mol. The van der Waals surface area contributed by atoms with Crippen LogP contribution in [0, 0.1) is 5.82 Å². The fourth-order valence-corrected chi connectivity index (χ4v) is 3.87. The molecule has 1 aromatic carbocycles. The van der Waals surface area contributed by atoms with Crippen molar-refractivity contribution in [3.05, 3.63) is 80.9 Å². The molecule has 2 heterocycles. The Labute approximate surface area is 207 Å². The molecule has 0 aliphatic carbocycles. The smallest absolute Gasteiger partial charge is 0.323 e. The van der Waals surface area contributed by atoms with E-state index in [1.165, 1.54) is 24.4 Å². The lowest BCUT2D eigenvalue weighted by molar-refractivity contribution is -0.137. The Hall–Kier alpha value is -2.66. The molecule has 10 heteroatoms. The number of rotatable bonds is 10. The van der Waals surface area contributed by atoms with Gasteiger partial charge < -0.3 is 9.67 Å². The highest BCUT2D eigenvalue weighted by molar-refractivity contribution is 14.1. The van der Waals surface area contributed by atoms with Crippen LogP contribution in [0.4, 0.5) is 4.39 Å². The van der Waals surface area contributed by atoms with Crippen molar-refractivity contribution in [2.75, 3.05) is 0 Å². The van der Waals surface area contributed by atoms with Gasteiger partial charge in [-0.15, -0.1) is 0 Å². The van der Waals surface area contributed by atoms with Gasteiger partial charge in [-0.2, -0.15) is 0 Å². The van der Waals surface area contributed by atoms with Gasteiger partial charge in [0.2, 0.25) is 5.82 Å². The Morgan fingerprint density at radius 3 is 2.55 bits per heavy atom. The molecule has 3 rings (SSSR count). The van der Waals surface area contributed by atoms with E-state index in [1.54, 1.807) is 40.8 Å². The molecule has 0 fully saturated rings. The van der Waals surface area contributed by atoms with Crippen LogP contribution in [-0.4, -0.2) is 29.4 Å². The molecule has 0 aliphatic rings. The Balaban J connectivity index is 1.72. The second kappa shape index (κ2) is 11.5. The Morgan fingerprint density at radius 2 is 1.85 bits per heavy atom. The number of carbonyl (C=O) groups excluding carboxylic acids is 1. The van der Waals surface area contributed by atoms with E-state index in [4.69, 9.17) is 16.7 Å². The largest absolute Gasteiger partial charge is 0.480 e. The molecule has 0 aliphatic heterocycles. The number of halogens is 3. The maximum atomic E-state index is 13.9. The lowest BCUT2D eigenvalue weighted by Crippen LogP contribution is -2.22. The summed E-state index contributed by atoms with van der Waals surface area (Å²) in [5, 5.41) is 9.42. The van der Waals surface area contributed by atoms with Crippen LogP contribution in [0.5, 0.6) is 0 Å².